The molecule has 0 spiro atoms. The molecule has 2 aromatic heterocycles. The summed E-state index contributed by atoms with van der Waals surface area (Å²) in [5.74, 6) is 1.03. The maximum atomic E-state index is 12.6. The van der Waals surface area contributed by atoms with Crippen molar-refractivity contribution in [3.63, 3.8) is 0 Å². The Labute approximate surface area is 162 Å². The van der Waals surface area contributed by atoms with Crippen molar-refractivity contribution < 1.29 is 14.1 Å². The molecule has 1 fully saturated rings. The highest BCUT2D eigenvalue weighted by Crippen LogP contribution is 2.20. The Hall–Kier alpha value is -3.16. The molecule has 0 saturated carbocycles. The summed E-state index contributed by atoms with van der Waals surface area (Å²) in [5, 5.41) is 6.56. The van der Waals surface area contributed by atoms with E-state index >= 15 is 0 Å². The third kappa shape index (κ3) is 3.90. The maximum absolute atomic E-state index is 12.6. The van der Waals surface area contributed by atoms with Gasteiger partial charge in [-0.1, -0.05) is 17.3 Å². The molecule has 0 unspecified atom stereocenters. The second-order valence-corrected chi connectivity index (χ2v) is 7.14. The van der Waals surface area contributed by atoms with E-state index in [1.807, 2.05) is 33.7 Å². The number of aromatic nitrogens is 3. The number of hydrogen-bond donors (Lipinski definition) is 1. The molecule has 0 atom stereocenters. The zero-order chi connectivity index (χ0) is 19.5. The van der Waals surface area contributed by atoms with Crippen molar-refractivity contribution in [1.29, 1.82) is 0 Å². The van der Waals surface area contributed by atoms with Gasteiger partial charge in [0.15, 0.2) is 5.82 Å². The number of rotatable bonds is 5. The summed E-state index contributed by atoms with van der Waals surface area (Å²) in [7, 11) is 0. The molecule has 3 aromatic rings. The smallest absolute Gasteiger partial charge is 0.228 e. The number of piperidine rings is 1. The quantitative estimate of drug-likeness (QED) is 0.733. The number of aryl methyl sites for hydroxylation is 2. The van der Waals surface area contributed by atoms with Crippen LogP contribution in [0.5, 0.6) is 0 Å². The fourth-order valence-electron chi connectivity index (χ4n) is 3.61. The average molecular weight is 381 g/mol. The molecule has 1 aliphatic rings. The maximum Gasteiger partial charge on any atom is 0.228 e. The number of nitrogens with one attached hydrogen (secondary N) is 1. The molecule has 4 rings (SSSR count). The first-order valence-electron chi connectivity index (χ1n) is 9.52. The lowest BCUT2D eigenvalue weighted by Crippen LogP contribution is -2.41. The normalized spacial score (nSPS) is 15.1. The molecule has 28 heavy (non-hydrogen) atoms. The van der Waals surface area contributed by atoms with Gasteiger partial charge in [-0.3, -0.25) is 9.59 Å². The lowest BCUT2D eigenvalue weighted by molar-refractivity contribution is -0.134. The Morgan fingerprint density at radius 2 is 2.04 bits per heavy atom. The topological polar surface area (TPSA) is 93.3 Å². The largest absolute Gasteiger partial charge is 0.360 e. The summed E-state index contributed by atoms with van der Waals surface area (Å²) in [6.45, 7) is 3.57. The van der Waals surface area contributed by atoms with Gasteiger partial charge in [0, 0.05) is 38.0 Å². The number of nitrogens with zero attached hydrogens (tertiary/aromatic N) is 4. The SMILES string of the molecule is Cc1cc(NC(=O)C2CCN(C(=O)CCn3cnc4ccccc43)CC2)no1. The van der Waals surface area contributed by atoms with E-state index in [1.165, 1.54) is 0 Å². The van der Waals surface area contributed by atoms with Crippen LogP contribution in [0.2, 0.25) is 0 Å². The van der Waals surface area contributed by atoms with Crippen LogP contribution in [-0.4, -0.2) is 44.5 Å². The van der Waals surface area contributed by atoms with E-state index in [0.29, 0.717) is 50.5 Å². The highest BCUT2D eigenvalue weighted by atomic mass is 16.5. The first-order valence-corrected chi connectivity index (χ1v) is 9.52. The highest BCUT2D eigenvalue weighted by Gasteiger charge is 2.27. The standard InChI is InChI=1S/C20H23N5O3/c1-14-12-18(23-28-14)22-20(27)15-6-9-24(10-7-15)19(26)8-11-25-13-21-16-4-2-3-5-17(16)25/h2-5,12-13,15H,6-11H2,1H3,(H,22,23,27). The number of hydrogen-bond acceptors (Lipinski definition) is 5. The second kappa shape index (κ2) is 7.84. The van der Waals surface area contributed by atoms with E-state index in [0.717, 1.165) is 11.0 Å². The Morgan fingerprint density at radius 3 is 2.79 bits per heavy atom. The zero-order valence-electron chi connectivity index (χ0n) is 15.8. The van der Waals surface area contributed by atoms with E-state index in [-0.39, 0.29) is 17.7 Å². The van der Waals surface area contributed by atoms with Gasteiger partial charge in [-0.2, -0.15) is 0 Å². The van der Waals surface area contributed by atoms with Gasteiger partial charge in [0.05, 0.1) is 17.4 Å². The molecule has 1 N–H and O–H groups in total. The summed E-state index contributed by atoms with van der Waals surface area (Å²) in [4.78, 5) is 31.1. The summed E-state index contributed by atoms with van der Waals surface area (Å²) < 4.78 is 6.97. The summed E-state index contributed by atoms with van der Waals surface area (Å²) in [6.07, 6.45) is 3.51. The van der Waals surface area contributed by atoms with Gasteiger partial charge in [-0.25, -0.2) is 4.98 Å². The van der Waals surface area contributed by atoms with E-state index in [9.17, 15) is 9.59 Å². The molecule has 1 aliphatic heterocycles. The number of amides is 2. The van der Waals surface area contributed by atoms with Gasteiger partial charge in [0.1, 0.15) is 5.76 Å². The average Bonchev–Trinajstić information content (AvgIpc) is 3.32. The number of imidazole rings is 1. The van der Waals surface area contributed by atoms with Crippen molar-refractivity contribution in [1.82, 2.24) is 19.6 Å². The minimum Gasteiger partial charge on any atom is -0.360 e. The fraction of sp³-hybridized carbons (Fsp3) is 0.400. The van der Waals surface area contributed by atoms with Crippen molar-refractivity contribution in [2.75, 3.05) is 18.4 Å². The Bertz CT molecular complexity index is 985. The molecule has 2 amide bonds. The van der Waals surface area contributed by atoms with E-state index in [4.69, 9.17) is 4.52 Å². The van der Waals surface area contributed by atoms with Crippen LogP contribution in [-0.2, 0) is 16.1 Å². The van der Waals surface area contributed by atoms with Gasteiger partial charge in [-0.15, -0.1) is 0 Å². The van der Waals surface area contributed by atoms with Gasteiger partial charge in [-0.05, 0) is 31.9 Å². The van der Waals surface area contributed by atoms with Crippen LogP contribution in [0.3, 0.4) is 0 Å². The predicted molar refractivity (Wildman–Crippen MR) is 104 cm³/mol. The molecule has 8 heteroatoms. The minimum atomic E-state index is -0.112. The lowest BCUT2D eigenvalue weighted by atomic mass is 9.95. The number of para-hydroxylation sites is 2. The highest BCUT2D eigenvalue weighted by molar-refractivity contribution is 5.91. The summed E-state index contributed by atoms with van der Waals surface area (Å²) in [5.41, 5.74) is 1.97. The fourth-order valence-corrected chi connectivity index (χ4v) is 3.61. The van der Waals surface area contributed by atoms with E-state index in [2.05, 4.69) is 15.5 Å². The minimum absolute atomic E-state index is 0.0646. The summed E-state index contributed by atoms with van der Waals surface area (Å²) in [6, 6.07) is 9.58. The van der Waals surface area contributed by atoms with Gasteiger partial charge in [0.2, 0.25) is 11.8 Å². The molecular weight excluding hydrogens is 358 g/mol. The Balaban J connectivity index is 1.26. The number of carbonyl (C=O) groups excluding carboxylic acids is 2. The third-order valence-electron chi connectivity index (χ3n) is 5.19. The number of anilines is 1. The van der Waals surface area contributed by atoms with Crippen molar-refractivity contribution in [3.05, 3.63) is 42.4 Å². The van der Waals surface area contributed by atoms with Crippen LogP contribution in [0.15, 0.2) is 41.2 Å². The number of benzene rings is 1. The van der Waals surface area contributed by atoms with Crippen molar-refractivity contribution >= 4 is 28.7 Å². The Morgan fingerprint density at radius 1 is 1.25 bits per heavy atom. The van der Waals surface area contributed by atoms with Crippen LogP contribution >= 0.6 is 0 Å². The van der Waals surface area contributed by atoms with Crippen molar-refractivity contribution in [2.45, 2.75) is 32.7 Å². The second-order valence-electron chi connectivity index (χ2n) is 7.14. The first-order chi connectivity index (χ1) is 13.6. The van der Waals surface area contributed by atoms with Crippen LogP contribution in [0.1, 0.15) is 25.0 Å². The Kier molecular flexibility index (Phi) is 5.10. The van der Waals surface area contributed by atoms with Crippen LogP contribution in [0.25, 0.3) is 11.0 Å². The molecule has 0 aliphatic carbocycles. The number of likely N-dealkylation sites (tertiary alicyclic amines) is 1. The molecule has 1 saturated heterocycles. The number of fused-ring (bicyclic) bond motifs is 1. The molecule has 0 bridgehead atoms. The third-order valence-corrected chi connectivity index (χ3v) is 5.19. The first kappa shape index (κ1) is 18.2. The predicted octanol–water partition coefficient (Wildman–Crippen LogP) is 2.60. The van der Waals surface area contributed by atoms with E-state index < -0.39 is 0 Å². The van der Waals surface area contributed by atoms with Gasteiger partial charge in [0.25, 0.3) is 0 Å². The zero-order valence-corrected chi connectivity index (χ0v) is 15.8. The van der Waals surface area contributed by atoms with E-state index in [1.54, 1.807) is 19.3 Å². The van der Waals surface area contributed by atoms with Gasteiger partial charge < -0.3 is 19.3 Å². The number of carbonyl (C=O) groups is 2. The molecule has 0 radical (unpaired) electrons. The van der Waals surface area contributed by atoms with Crippen molar-refractivity contribution in [3.8, 4) is 0 Å². The molecule has 8 nitrogen and oxygen atoms in total. The van der Waals surface area contributed by atoms with Crippen LogP contribution in [0, 0.1) is 12.8 Å². The monoisotopic (exact) mass is 381 g/mol. The lowest BCUT2D eigenvalue weighted by Gasteiger charge is -2.31. The molecule has 146 valence electrons. The molecular formula is C20H23N5O3. The summed E-state index contributed by atoms with van der Waals surface area (Å²) >= 11 is 0. The van der Waals surface area contributed by atoms with Crippen LogP contribution < -0.4 is 5.32 Å². The molecule has 1 aromatic carbocycles. The molecule has 3 heterocycles. The van der Waals surface area contributed by atoms with Crippen molar-refractivity contribution in [2.24, 2.45) is 5.92 Å². The van der Waals surface area contributed by atoms with Crippen LogP contribution in [0.4, 0.5) is 5.82 Å². The van der Waals surface area contributed by atoms with Gasteiger partial charge >= 0.3 is 0 Å².